The molecule has 0 aliphatic rings. The minimum absolute atomic E-state index is 0.00349. The van der Waals surface area contributed by atoms with Gasteiger partial charge >= 0.3 is 11.9 Å². The molecule has 1 aromatic carbocycles. The van der Waals surface area contributed by atoms with E-state index in [9.17, 15) is 58.2 Å². The molecule has 0 aliphatic carbocycles. The molecule has 0 spiro atoms. The summed E-state index contributed by atoms with van der Waals surface area (Å²) in [5, 5.41) is 48.2. The van der Waals surface area contributed by atoms with Crippen molar-refractivity contribution in [3.05, 3.63) is 35.9 Å². The summed E-state index contributed by atoms with van der Waals surface area (Å²) >= 11 is 0. The van der Waals surface area contributed by atoms with Gasteiger partial charge in [0, 0.05) is 13.0 Å². The Labute approximate surface area is 407 Å². The van der Waals surface area contributed by atoms with Crippen molar-refractivity contribution in [2.24, 2.45) is 39.9 Å². The standard InChI is InChI=1S/C45H74N12O13/c1-8-25(6)37(44(70)56-31(19-27-13-10-9-11-14-27)41(67)54-29(17-23(2)3)38(64)51-22-35(62)63)57-39(65)28(15-12-16-49-45(47)48)53-42(68)32(20-34(60)61)55-40(66)30(18-24(4)5)52-33(59)21-50-43(69)36(46)26(7)58/h9-11,13-14,23-26,28-32,36-37,58H,8,12,15-22,46H2,1-7H3,(H,50,69)(H,51,64)(H,52,59)(H,53,68)(H,54,67)(H,55,66)(H,56,70)(H,57,65)(H,60,61)(H,62,63)(H4,47,48,49)/t25-,26+,28-,29-,30-,31-,32-,36-,37-/m0/s1. The van der Waals surface area contributed by atoms with Crippen LogP contribution in [0.5, 0.6) is 0 Å². The van der Waals surface area contributed by atoms with Crippen LogP contribution in [0.15, 0.2) is 35.3 Å². The van der Waals surface area contributed by atoms with Gasteiger partial charge in [-0.15, -0.1) is 0 Å². The van der Waals surface area contributed by atoms with E-state index < -0.39 is 133 Å². The monoisotopic (exact) mass is 991 g/mol. The van der Waals surface area contributed by atoms with E-state index in [-0.39, 0.29) is 56.4 Å². The number of guanidine groups is 1. The number of carbonyl (C=O) groups excluding carboxylic acids is 8. The average molecular weight is 991 g/mol. The van der Waals surface area contributed by atoms with E-state index in [1.54, 1.807) is 71.9 Å². The Morgan fingerprint density at radius 2 is 1.10 bits per heavy atom. The lowest BCUT2D eigenvalue weighted by atomic mass is 9.96. The van der Waals surface area contributed by atoms with Crippen LogP contribution in [0, 0.1) is 17.8 Å². The fourth-order valence-corrected chi connectivity index (χ4v) is 6.69. The van der Waals surface area contributed by atoms with Gasteiger partial charge in [0.1, 0.15) is 48.8 Å². The number of carboxylic acid groups (broad SMARTS) is 2. The van der Waals surface area contributed by atoms with Crippen LogP contribution in [0.1, 0.15) is 92.6 Å². The molecule has 0 heterocycles. The molecular formula is C45H74N12O13. The Bertz CT molecular complexity index is 1960. The predicted octanol–water partition coefficient (Wildman–Crippen LogP) is -3.17. The number of rotatable bonds is 32. The summed E-state index contributed by atoms with van der Waals surface area (Å²) in [5.74, 6) is -11.1. The predicted molar refractivity (Wildman–Crippen MR) is 256 cm³/mol. The van der Waals surface area contributed by atoms with Gasteiger partial charge in [0.05, 0.1) is 19.1 Å². The zero-order valence-corrected chi connectivity index (χ0v) is 40.9. The third kappa shape index (κ3) is 23.9. The lowest BCUT2D eigenvalue weighted by Gasteiger charge is -2.30. The number of carboxylic acids is 2. The number of benzene rings is 1. The number of aliphatic hydroxyl groups excluding tert-OH is 1. The van der Waals surface area contributed by atoms with E-state index in [1.165, 1.54) is 6.92 Å². The SMILES string of the molecule is CC[C@H](C)[C@H](NC(=O)[C@H](CCCN=C(N)N)NC(=O)[C@H](CC(=O)O)NC(=O)[C@H](CC(C)C)NC(=O)CNC(=O)[C@@H](N)[C@@H](C)O)C(=O)N[C@@H](Cc1ccccc1)C(=O)N[C@@H](CC(C)C)C(=O)NCC(=O)O. The molecule has 0 aliphatic heterocycles. The molecule has 25 nitrogen and oxygen atoms in total. The highest BCUT2D eigenvalue weighted by Crippen LogP contribution is 2.14. The van der Waals surface area contributed by atoms with Crippen molar-refractivity contribution in [3.63, 3.8) is 0 Å². The number of aliphatic imine (C=N–C) groups is 1. The third-order valence-electron chi connectivity index (χ3n) is 10.7. The minimum atomic E-state index is -1.81. The maximum atomic E-state index is 14.3. The lowest BCUT2D eigenvalue weighted by molar-refractivity contribution is -0.141. The number of carbonyl (C=O) groups is 10. The molecule has 8 amide bonds. The molecule has 0 saturated carbocycles. The Morgan fingerprint density at radius 1 is 0.600 bits per heavy atom. The lowest BCUT2D eigenvalue weighted by Crippen LogP contribution is -2.61. The highest BCUT2D eigenvalue weighted by Gasteiger charge is 2.36. The Morgan fingerprint density at radius 3 is 1.63 bits per heavy atom. The Balaban J connectivity index is 3.53. The number of nitrogens with one attached hydrogen (secondary N) is 8. The highest BCUT2D eigenvalue weighted by molar-refractivity contribution is 5.98. The molecule has 0 bridgehead atoms. The van der Waals surface area contributed by atoms with Crippen molar-refractivity contribution >= 4 is 65.2 Å². The first-order chi connectivity index (χ1) is 32.7. The molecule has 17 N–H and O–H groups in total. The summed E-state index contributed by atoms with van der Waals surface area (Å²) in [6, 6.07) is -1.25. The zero-order chi connectivity index (χ0) is 53.2. The second-order valence-electron chi connectivity index (χ2n) is 17.8. The van der Waals surface area contributed by atoms with Gasteiger partial charge in [-0.25, -0.2) is 0 Å². The van der Waals surface area contributed by atoms with Crippen LogP contribution in [0.25, 0.3) is 0 Å². The number of nitrogens with zero attached hydrogens (tertiary/aromatic N) is 1. The first-order valence-corrected chi connectivity index (χ1v) is 23.1. The molecule has 0 saturated heterocycles. The topological polar surface area (TPSA) is 418 Å². The first-order valence-electron chi connectivity index (χ1n) is 23.1. The highest BCUT2D eigenvalue weighted by atomic mass is 16.4. The number of aliphatic carboxylic acids is 2. The quantitative estimate of drug-likeness (QED) is 0.0192. The number of hydrogen-bond donors (Lipinski definition) is 14. The summed E-state index contributed by atoms with van der Waals surface area (Å²) in [5.41, 5.74) is 17.2. The maximum Gasteiger partial charge on any atom is 0.322 e. The van der Waals surface area contributed by atoms with Gasteiger partial charge in [0.2, 0.25) is 47.3 Å². The normalized spacial score (nSPS) is 14.9. The van der Waals surface area contributed by atoms with Crippen LogP contribution in [0.3, 0.4) is 0 Å². The number of nitrogens with two attached hydrogens (primary N) is 3. The maximum absolute atomic E-state index is 14.3. The van der Waals surface area contributed by atoms with E-state index in [2.05, 4.69) is 47.5 Å². The van der Waals surface area contributed by atoms with Gasteiger partial charge < -0.3 is 75.1 Å². The van der Waals surface area contributed by atoms with E-state index in [0.29, 0.717) is 12.0 Å². The van der Waals surface area contributed by atoms with Gasteiger partial charge in [0.15, 0.2) is 5.96 Å². The van der Waals surface area contributed by atoms with Gasteiger partial charge in [-0.3, -0.25) is 52.9 Å². The minimum Gasteiger partial charge on any atom is -0.481 e. The van der Waals surface area contributed by atoms with Crippen LogP contribution >= 0.6 is 0 Å². The molecule has 1 aromatic rings. The van der Waals surface area contributed by atoms with Crippen LogP contribution < -0.4 is 59.7 Å². The summed E-state index contributed by atoms with van der Waals surface area (Å²) < 4.78 is 0. The fraction of sp³-hybridized carbons (Fsp3) is 0.622. The number of hydrogen-bond acceptors (Lipinski definition) is 13. The molecule has 9 atom stereocenters. The molecule has 1 rings (SSSR count). The van der Waals surface area contributed by atoms with E-state index in [1.807, 2.05) is 0 Å². The van der Waals surface area contributed by atoms with Crippen molar-refractivity contribution in [2.45, 2.75) is 142 Å². The summed E-state index contributed by atoms with van der Waals surface area (Å²) in [6.07, 6.45) is -1.92. The van der Waals surface area contributed by atoms with Crippen molar-refractivity contribution in [1.29, 1.82) is 0 Å². The van der Waals surface area contributed by atoms with Crippen molar-refractivity contribution in [2.75, 3.05) is 19.6 Å². The van der Waals surface area contributed by atoms with Crippen LogP contribution in [0.2, 0.25) is 0 Å². The molecule has 0 radical (unpaired) electrons. The molecule has 392 valence electrons. The van der Waals surface area contributed by atoms with Gasteiger partial charge in [-0.2, -0.15) is 0 Å². The average Bonchev–Trinajstić information content (AvgIpc) is 3.28. The number of aliphatic hydroxyl groups is 1. The van der Waals surface area contributed by atoms with Crippen molar-refractivity contribution in [1.82, 2.24) is 42.5 Å². The Kier molecular flexibility index (Phi) is 27.3. The summed E-state index contributed by atoms with van der Waals surface area (Å²) in [6.45, 7) is 10.4. The summed E-state index contributed by atoms with van der Waals surface area (Å²) in [7, 11) is 0. The molecule has 25 heteroatoms. The van der Waals surface area contributed by atoms with Gasteiger partial charge in [-0.05, 0) is 55.9 Å². The van der Waals surface area contributed by atoms with Crippen LogP contribution in [0.4, 0.5) is 0 Å². The van der Waals surface area contributed by atoms with E-state index >= 15 is 0 Å². The molecular weight excluding hydrogens is 917 g/mol. The second-order valence-corrected chi connectivity index (χ2v) is 17.8. The van der Waals surface area contributed by atoms with E-state index in [0.717, 1.165) is 0 Å². The largest absolute Gasteiger partial charge is 0.481 e. The molecule has 0 unspecified atom stereocenters. The van der Waals surface area contributed by atoms with Crippen LogP contribution in [-0.2, 0) is 54.4 Å². The molecule has 0 fully saturated rings. The van der Waals surface area contributed by atoms with Gasteiger partial charge in [0.25, 0.3) is 0 Å². The first kappa shape index (κ1) is 61.1. The molecule has 70 heavy (non-hydrogen) atoms. The van der Waals surface area contributed by atoms with Gasteiger partial charge in [-0.1, -0.05) is 78.3 Å². The summed E-state index contributed by atoms with van der Waals surface area (Å²) in [4.78, 5) is 135. The number of amides is 8. The van der Waals surface area contributed by atoms with Crippen molar-refractivity contribution in [3.8, 4) is 0 Å². The van der Waals surface area contributed by atoms with Crippen LogP contribution in [-0.4, -0.2) is 149 Å². The third-order valence-corrected chi connectivity index (χ3v) is 10.7. The molecule has 0 aromatic heterocycles. The second kappa shape index (κ2) is 31.3. The smallest absolute Gasteiger partial charge is 0.322 e. The zero-order valence-electron chi connectivity index (χ0n) is 40.9. The van der Waals surface area contributed by atoms with E-state index in [4.69, 9.17) is 22.3 Å². The fourth-order valence-electron chi connectivity index (χ4n) is 6.69. The van der Waals surface area contributed by atoms with Crippen molar-refractivity contribution < 1.29 is 63.3 Å². The Hall–Kier alpha value is -6.89.